The largest absolute Gasteiger partial charge is 0.444 e. The van der Waals surface area contributed by atoms with Crippen molar-refractivity contribution in [2.24, 2.45) is 28.6 Å². The lowest BCUT2D eigenvalue weighted by atomic mass is 9.84. The third kappa shape index (κ3) is 11.0. The number of amides is 1. The van der Waals surface area contributed by atoms with E-state index >= 15 is 0 Å². The van der Waals surface area contributed by atoms with Gasteiger partial charge in [-0.25, -0.2) is 13.2 Å². The number of carbonyl (C=O) groups is 1. The number of rotatable bonds is 14. The van der Waals surface area contributed by atoms with Crippen molar-refractivity contribution in [2.75, 3.05) is 78.4 Å². The minimum atomic E-state index is -3.30. The number of aliphatic hydroxyl groups excluding tert-OH is 2. The zero-order valence-electron chi connectivity index (χ0n) is 33.2. The van der Waals surface area contributed by atoms with E-state index in [2.05, 4.69) is 55.5 Å². The summed E-state index contributed by atoms with van der Waals surface area (Å²) in [4.78, 5) is 19.6. The van der Waals surface area contributed by atoms with Crippen molar-refractivity contribution in [1.82, 2.24) is 35.0 Å². The van der Waals surface area contributed by atoms with Gasteiger partial charge in [-0.05, 0) is 64.8 Å². The molecule has 4 rings (SSSR count). The average molecular weight is 746 g/mol. The molecular weight excluding hydrogens is 675 g/mol. The SMILES string of the molecule is CCS(=O)(=O)N1CCN([C@@H](O)[C@H]2CN(C(=O)OC(C)(C)C)CC3(CC3N(CC(C)C)C(O)C3CN[C@@H](C(C)(C)C)NC3NCCCOC)C2)CC1. The third-order valence-corrected chi connectivity index (χ3v) is 12.9. The fraction of sp³-hybridized carbons (Fsp3) is 0.972. The zero-order valence-corrected chi connectivity index (χ0v) is 34.0. The smallest absolute Gasteiger partial charge is 0.410 e. The van der Waals surface area contributed by atoms with Crippen LogP contribution in [0.15, 0.2) is 0 Å². The summed E-state index contributed by atoms with van der Waals surface area (Å²) in [5, 5.41) is 35.3. The lowest BCUT2D eigenvalue weighted by Gasteiger charge is -2.48. The lowest BCUT2D eigenvalue weighted by molar-refractivity contribution is -0.101. The fourth-order valence-electron chi connectivity index (χ4n) is 8.29. The number of sulfonamides is 1. The van der Waals surface area contributed by atoms with Crippen LogP contribution >= 0.6 is 0 Å². The van der Waals surface area contributed by atoms with Crippen molar-refractivity contribution >= 4 is 16.1 Å². The molecular formula is C36H71N7O7S. The monoisotopic (exact) mass is 746 g/mol. The Morgan fingerprint density at radius 2 is 1.75 bits per heavy atom. The standard InChI is InChI=1S/C36H71N7O7S/c1-11-51(47,48)42-16-14-40(15-17-42)30(44)26-19-36(24-41(23-26)33(46)50-35(7,8)9)20-28(36)43(22-25(2)3)31(45)27-21-38-32(34(4,5)6)39-29(27)37-13-12-18-49-10/h25-32,37-39,44-45H,11-24H2,1-10H3/t26-,27?,28?,29?,30+,31?,32-,36?/m1/s1. The van der Waals surface area contributed by atoms with E-state index in [1.165, 1.54) is 4.31 Å². The summed E-state index contributed by atoms with van der Waals surface area (Å²) in [7, 11) is -1.59. The highest BCUT2D eigenvalue weighted by atomic mass is 32.2. The van der Waals surface area contributed by atoms with Crippen molar-refractivity contribution in [2.45, 2.75) is 118 Å². The Labute approximate surface area is 308 Å². The van der Waals surface area contributed by atoms with Gasteiger partial charge in [-0.15, -0.1) is 0 Å². The molecule has 1 amide bonds. The van der Waals surface area contributed by atoms with Crippen molar-refractivity contribution in [3.05, 3.63) is 0 Å². The molecule has 3 heterocycles. The molecule has 0 bridgehead atoms. The number of hydrogen-bond donors (Lipinski definition) is 5. The van der Waals surface area contributed by atoms with E-state index < -0.39 is 34.2 Å². The molecule has 14 nitrogen and oxygen atoms in total. The molecule has 0 aromatic heterocycles. The molecule has 0 radical (unpaired) electrons. The van der Waals surface area contributed by atoms with Gasteiger partial charge in [-0.1, -0.05) is 34.6 Å². The van der Waals surface area contributed by atoms with Gasteiger partial charge in [-0.2, -0.15) is 4.31 Å². The van der Waals surface area contributed by atoms with Gasteiger partial charge in [0.15, 0.2) is 0 Å². The first-order valence-electron chi connectivity index (χ1n) is 19.2. The lowest BCUT2D eigenvalue weighted by Crippen LogP contribution is -2.70. The van der Waals surface area contributed by atoms with Crippen LogP contribution in [0.3, 0.4) is 0 Å². The molecule has 4 aliphatic rings. The Morgan fingerprint density at radius 1 is 1.08 bits per heavy atom. The fourth-order valence-corrected chi connectivity index (χ4v) is 9.38. The van der Waals surface area contributed by atoms with Crippen molar-refractivity contribution in [3.63, 3.8) is 0 Å². The van der Waals surface area contributed by atoms with Gasteiger partial charge in [0, 0.05) is 89.4 Å². The third-order valence-electron chi connectivity index (χ3n) is 11.0. The molecule has 1 aliphatic carbocycles. The molecule has 51 heavy (non-hydrogen) atoms. The van der Waals surface area contributed by atoms with E-state index in [0.717, 1.165) is 19.4 Å². The van der Waals surface area contributed by atoms with Gasteiger partial charge in [0.05, 0.1) is 18.1 Å². The zero-order chi connectivity index (χ0) is 37.9. The van der Waals surface area contributed by atoms with Crippen LogP contribution in [0, 0.1) is 28.6 Å². The van der Waals surface area contributed by atoms with Gasteiger partial charge in [0.25, 0.3) is 0 Å². The van der Waals surface area contributed by atoms with E-state index in [9.17, 15) is 23.4 Å². The van der Waals surface area contributed by atoms with E-state index in [-0.39, 0.29) is 46.8 Å². The molecule has 3 saturated heterocycles. The molecule has 1 spiro atoms. The van der Waals surface area contributed by atoms with Crippen LogP contribution in [0.2, 0.25) is 0 Å². The first-order chi connectivity index (χ1) is 23.7. The Kier molecular flexibility index (Phi) is 14.3. The van der Waals surface area contributed by atoms with Gasteiger partial charge < -0.3 is 35.2 Å². The van der Waals surface area contributed by atoms with E-state index in [1.807, 2.05) is 25.7 Å². The second kappa shape index (κ2) is 17.1. The van der Waals surface area contributed by atoms with Crippen molar-refractivity contribution < 1.29 is 32.9 Å². The summed E-state index contributed by atoms with van der Waals surface area (Å²) in [6.07, 6.45) is 0.301. The number of piperidine rings is 1. The summed E-state index contributed by atoms with van der Waals surface area (Å²) in [6.45, 7) is 23.3. The maximum Gasteiger partial charge on any atom is 0.410 e. The summed E-state index contributed by atoms with van der Waals surface area (Å²) in [5.74, 6) is -0.0603. The van der Waals surface area contributed by atoms with Crippen LogP contribution in [-0.4, -0.2) is 159 Å². The highest BCUT2D eigenvalue weighted by Gasteiger charge is 2.63. The molecule has 4 fully saturated rings. The number of hydrogen-bond acceptors (Lipinski definition) is 12. The molecule has 15 heteroatoms. The quantitative estimate of drug-likeness (QED) is 0.130. The van der Waals surface area contributed by atoms with Gasteiger partial charge in [0.2, 0.25) is 10.0 Å². The minimum absolute atomic E-state index is 0.0101. The number of piperazine rings is 1. The summed E-state index contributed by atoms with van der Waals surface area (Å²) >= 11 is 0. The molecule has 3 aliphatic heterocycles. The van der Waals surface area contributed by atoms with Gasteiger partial charge in [-0.3, -0.25) is 15.1 Å². The summed E-state index contributed by atoms with van der Waals surface area (Å²) < 4.78 is 37.7. The van der Waals surface area contributed by atoms with E-state index in [1.54, 1.807) is 18.9 Å². The molecule has 8 atom stereocenters. The number of carbonyl (C=O) groups excluding carboxylic acids is 1. The predicted octanol–water partition coefficient (Wildman–Crippen LogP) is 1.70. The molecule has 0 aromatic carbocycles. The Bertz CT molecular complexity index is 1240. The highest BCUT2D eigenvalue weighted by Crippen LogP contribution is 2.58. The minimum Gasteiger partial charge on any atom is -0.444 e. The molecule has 298 valence electrons. The van der Waals surface area contributed by atoms with Crippen LogP contribution in [0.1, 0.15) is 81.6 Å². The molecule has 5 N–H and O–H groups in total. The van der Waals surface area contributed by atoms with E-state index in [4.69, 9.17) is 9.47 Å². The number of nitrogens with one attached hydrogen (secondary N) is 3. The van der Waals surface area contributed by atoms with Crippen LogP contribution < -0.4 is 16.0 Å². The second-order valence-corrected chi connectivity index (χ2v) is 20.2. The maximum atomic E-state index is 13.6. The Morgan fingerprint density at radius 3 is 2.31 bits per heavy atom. The molecule has 1 saturated carbocycles. The normalized spacial score (nSPS) is 31.3. The molecule has 5 unspecified atom stereocenters. The summed E-state index contributed by atoms with van der Waals surface area (Å²) in [5.41, 5.74) is -1.02. The van der Waals surface area contributed by atoms with Crippen LogP contribution in [-0.2, 0) is 19.5 Å². The van der Waals surface area contributed by atoms with Crippen molar-refractivity contribution in [1.29, 1.82) is 0 Å². The van der Waals surface area contributed by atoms with Crippen LogP contribution in [0.25, 0.3) is 0 Å². The molecule has 0 aromatic rings. The maximum absolute atomic E-state index is 13.6. The Hall–Kier alpha value is -1.14. The highest BCUT2D eigenvalue weighted by molar-refractivity contribution is 7.89. The van der Waals surface area contributed by atoms with Crippen molar-refractivity contribution in [3.8, 4) is 0 Å². The average Bonchev–Trinajstić information content (AvgIpc) is 3.74. The number of nitrogens with zero attached hydrogens (tertiary/aromatic N) is 4. The van der Waals surface area contributed by atoms with E-state index in [0.29, 0.717) is 71.3 Å². The first kappa shape index (κ1) is 42.6. The van der Waals surface area contributed by atoms with Crippen LogP contribution in [0.4, 0.5) is 4.79 Å². The summed E-state index contributed by atoms with van der Waals surface area (Å²) in [6, 6.07) is 0.0101. The number of likely N-dealkylation sites (tertiary alicyclic amines) is 1. The van der Waals surface area contributed by atoms with Crippen LogP contribution in [0.5, 0.6) is 0 Å². The first-order valence-corrected chi connectivity index (χ1v) is 20.9. The number of methoxy groups -OCH3 is 1. The Balaban J connectivity index is 1.57. The number of ether oxygens (including phenoxy) is 2. The second-order valence-electron chi connectivity index (χ2n) is 18.0. The number of aliphatic hydroxyl groups is 2. The topological polar surface area (TPSA) is 159 Å². The predicted molar refractivity (Wildman–Crippen MR) is 199 cm³/mol. The van der Waals surface area contributed by atoms with Gasteiger partial charge >= 0.3 is 6.09 Å². The van der Waals surface area contributed by atoms with Gasteiger partial charge in [0.1, 0.15) is 18.1 Å².